The lowest BCUT2D eigenvalue weighted by atomic mass is 10.1. The summed E-state index contributed by atoms with van der Waals surface area (Å²) in [5, 5.41) is 3.07. The Hall–Kier alpha value is -2.40. The molecule has 2 rings (SSSR count). The predicted octanol–water partition coefficient (Wildman–Crippen LogP) is 3.31. The van der Waals surface area contributed by atoms with Gasteiger partial charge in [-0.2, -0.15) is 0 Å². The molecule has 1 heterocycles. The van der Waals surface area contributed by atoms with E-state index in [0.717, 1.165) is 18.8 Å². The molecule has 134 valence electrons. The summed E-state index contributed by atoms with van der Waals surface area (Å²) < 4.78 is 0. The highest BCUT2D eigenvalue weighted by molar-refractivity contribution is 5.73. The molecular weight excluding hydrogens is 312 g/mol. The lowest BCUT2D eigenvalue weighted by molar-refractivity contribution is 0.188. The molecule has 1 aromatic heterocycles. The molecule has 5 nitrogen and oxygen atoms in total. The molecule has 1 N–H and O–H groups in total. The number of amides is 2. The first kappa shape index (κ1) is 18.9. The van der Waals surface area contributed by atoms with Crippen LogP contribution in [0.1, 0.15) is 31.1 Å². The van der Waals surface area contributed by atoms with Gasteiger partial charge in [-0.05, 0) is 30.8 Å². The molecule has 0 spiro atoms. The quantitative estimate of drug-likeness (QED) is 0.802. The van der Waals surface area contributed by atoms with E-state index in [1.165, 1.54) is 5.56 Å². The average molecular weight is 340 g/mol. The Morgan fingerprint density at radius 1 is 1.08 bits per heavy atom. The van der Waals surface area contributed by atoms with E-state index in [0.29, 0.717) is 13.1 Å². The Labute approximate surface area is 150 Å². The molecule has 0 saturated heterocycles. The van der Waals surface area contributed by atoms with Crippen molar-refractivity contribution in [3.63, 3.8) is 0 Å². The average Bonchev–Trinajstić information content (AvgIpc) is 2.66. The van der Waals surface area contributed by atoms with Crippen LogP contribution in [0.5, 0.6) is 0 Å². The number of aromatic nitrogens is 1. The zero-order valence-corrected chi connectivity index (χ0v) is 15.4. The van der Waals surface area contributed by atoms with E-state index in [4.69, 9.17) is 0 Å². The summed E-state index contributed by atoms with van der Waals surface area (Å²) in [4.78, 5) is 20.7. The molecule has 25 heavy (non-hydrogen) atoms. The van der Waals surface area contributed by atoms with Gasteiger partial charge < -0.3 is 10.2 Å². The second-order valence-corrected chi connectivity index (χ2v) is 6.01. The highest BCUT2D eigenvalue weighted by Crippen LogP contribution is 2.19. The van der Waals surface area contributed by atoms with Crippen LogP contribution in [-0.2, 0) is 6.54 Å². The number of carbonyl (C=O) groups excluding carboxylic acids is 1. The summed E-state index contributed by atoms with van der Waals surface area (Å²) >= 11 is 0. The van der Waals surface area contributed by atoms with Crippen molar-refractivity contribution in [3.05, 3.63) is 66.0 Å². The smallest absolute Gasteiger partial charge is 0.317 e. The summed E-state index contributed by atoms with van der Waals surface area (Å²) in [6.07, 6.45) is 1.74. The third-order valence-electron chi connectivity index (χ3n) is 4.36. The molecule has 0 radical (unpaired) electrons. The molecule has 0 saturated carbocycles. The first-order valence-corrected chi connectivity index (χ1v) is 8.83. The van der Waals surface area contributed by atoms with E-state index in [1.807, 2.05) is 36.4 Å². The number of likely N-dealkylation sites (N-methyl/N-ethyl adjacent to an activating group) is 1. The molecule has 2 amide bonds. The number of hydrogen-bond donors (Lipinski definition) is 1. The van der Waals surface area contributed by atoms with Crippen LogP contribution in [0.25, 0.3) is 0 Å². The standard InChI is InChI=1S/C20H28N4O/c1-4-24(5-2)19(17-11-7-6-8-12-17)15-22-20(25)23(3)16-18-13-9-10-14-21-18/h6-14,19H,4-5,15-16H2,1-3H3,(H,22,25). The van der Waals surface area contributed by atoms with Crippen molar-refractivity contribution in [1.82, 2.24) is 20.1 Å². The molecule has 0 fully saturated rings. The topological polar surface area (TPSA) is 48.5 Å². The summed E-state index contributed by atoms with van der Waals surface area (Å²) in [7, 11) is 1.79. The van der Waals surface area contributed by atoms with Crippen LogP contribution in [0, 0.1) is 0 Å². The van der Waals surface area contributed by atoms with E-state index in [-0.39, 0.29) is 12.1 Å². The van der Waals surface area contributed by atoms with Gasteiger partial charge in [-0.1, -0.05) is 50.2 Å². The van der Waals surface area contributed by atoms with E-state index >= 15 is 0 Å². The van der Waals surface area contributed by atoms with Crippen molar-refractivity contribution in [2.75, 3.05) is 26.7 Å². The first-order valence-electron chi connectivity index (χ1n) is 8.83. The van der Waals surface area contributed by atoms with Crippen LogP contribution in [0.2, 0.25) is 0 Å². The second-order valence-electron chi connectivity index (χ2n) is 6.01. The minimum absolute atomic E-state index is 0.0845. The largest absolute Gasteiger partial charge is 0.336 e. The van der Waals surface area contributed by atoms with Crippen molar-refractivity contribution in [3.8, 4) is 0 Å². The highest BCUT2D eigenvalue weighted by atomic mass is 16.2. The lowest BCUT2D eigenvalue weighted by Crippen LogP contribution is -2.42. The summed E-state index contributed by atoms with van der Waals surface area (Å²) in [6.45, 7) is 7.25. The zero-order valence-electron chi connectivity index (χ0n) is 15.4. The monoisotopic (exact) mass is 340 g/mol. The van der Waals surface area contributed by atoms with Crippen LogP contribution in [0.3, 0.4) is 0 Å². The molecule has 1 atom stereocenters. The number of carbonyl (C=O) groups is 1. The minimum Gasteiger partial charge on any atom is -0.336 e. The molecule has 1 unspecified atom stereocenters. The number of nitrogens with zero attached hydrogens (tertiary/aromatic N) is 3. The predicted molar refractivity (Wildman–Crippen MR) is 101 cm³/mol. The Kier molecular flexibility index (Phi) is 7.41. The molecule has 0 aliphatic heterocycles. The summed E-state index contributed by atoms with van der Waals surface area (Å²) in [6, 6.07) is 16.1. The minimum atomic E-state index is -0.0845. The SMILES string of the molecule is CCN(CC)C(CNC(=O)N(C)Cc1ccccn1)c1ccccc1. The Bertz CT molecular complexity index is 629. The molecule has 0 aliphatic rings. The Morgan fingerprint density at radius 3 is 2.36 bits per heavy atom. The number of urea groups is 1. The van der Waals surface area contributed by atoms with Gasteiger partial charge in [-0.25, -0.2) is 4.79 Å². The maximum atomic E-state index is 12.5. The molecule has 5 heteroatoms. The van der Waals surface area contributed by atoms with Crippen LogP contribution < -0.4 is 5.32 Å². The van der Waals surface area contributed by atoms with Crippen molar-refractivity contribution in [2.24, 2.45) is 0 Å². The van der Waals surface area contributed by atoms with Crippen molar-refractivity contribution < 1.29 is 4.79 Å². The van der Waals surface area contributed by atoms with Crippen LogP contribution in [-0.4, -0.2) is 47.5 Å². The van der Waals surface area contributed by atoms with Crippen LogP contribution in [0.4, 0.5) is 4.79 Å². The van der Waals surface area contributed by atoms with Crippen LogP contribution in [0.15, 0.2) is 54.7 Å². The molecule has 1 aromatic carbocycles. The third kappa shape index (κ3) is 5.57. The number of benzene rings is 1. The van der Waals surface area contributed by atoms with Gasteiger partial charge >= 0.3 is 6.03 Å². The van der Waals surface area contributed by atoms with E-state index in [1.54, 1.807) is 18.1 Å². The van der Waals surface area contributed by atoms with E-state index < -0.39 is 0 Å². The Morgan fingerprint density at radius 2 is 1.76 bits per heavy atom. The molecular formula is C20H28N4O. The van der Waals surface area contributed by atoms with E-state index in [9.17, 15) is 4.79 Å². The highest BCUT2D eigenvalue weighted by Gasteiger charge is 2.19. The zero-order chi connectivity index (χ0) is 18.1. The van der Waals surface area contributed by atoms with Crippen molar-refractivity contribution in [2.45, 2.75) is 26.4 Å². The summed E-state index contributed by atoms with van der Waals surface area (Å²) in [5.41, 5.74) is 2.10. The van der Waals surface area contributed by atoms with Gasteiger partial charge in [-0.3, -0.25) is 9.88 Å². The van der Waals surface area contributed by atoms with Gasteiger partial charge in [0, 0.05) is 19.8 Å². The van der Waals surface area contributed by atoms with Gasteiger partial charge in [0.1, 0.15) is 0 Å². The van der Waals surface area contributed by atoms with Gasteiger partial charge in [-0.15, -0.1) is 0 Å². The fourth-order valence-corrected chi connectivity index (χ4v) is 2.92. The maximum absolute atomic E-state index is 12.5. The van der Waals surface area contributed by atoms with Crippen molar-refractivity contribution >= 4 is 6.03 Å². The van der Waals surface area contributed by atoms with Gasteiger partial charge in [0.05, 0.1) is 18.3 Å². The number of pyridine rings is 1. The van der Waals surface area contributed by atoms with Crippen LogP contribution >= 0.6 is 0 Å². The Balaban J connectivity index is 1.98. The molecule has 0 aliphatic carbocycles. The molecule has 0 bridgehead atoms. The summed E-state index contributed by atoms with van der Waals surface area (Å²) in [5.74, 6) is 0. The third-order valence-corrected chi connectivity index (χ3v) is 4.36. The fourth-order valence-electron chi connectivity index (χ4n) is 2.92. The van der Waals surface area contributed by atoms with Gasteiger partial charge in [0.2, 0.25) is 0 Å². The fraction of sp³-hybridized carbons (Fsp3) is 0.400. The van der Waals surface area contributed by atoms with Crippen molar-refractivity contribution in [1.29, 1.82) is 0 Å². The lowest BCUT2D eigenvalue weighted by Gasteiger charge is -2.31. The number of hydrogen-bond acceptors (Lipinski definition) is 3. The first-order chi connectivity index (χ1) is 12.2. The number of nitrogens with one attached hydrogen (secondary N) is 1. The maximum Gasteiger partial charge on any atom is 0.317 e. The number of rotatable bonds is 8. The normalized spacial score (nSPS) is 12.0. The van der Waals surface area contributed by atoms with E-state index in [2.05, 4.69) is 41.2 Å². The van der Waals surface area contributed by atoms with Gasteiger partial charge in [0.15, 0.2) is 0 Å². The molecule has 2 aromatic rings. The second kappa shape index (κ2) is 9.79. The van der Waals surface area contributed by atoms with Gasteiger partial charge in [0.25, 0.3) is 0 Å².